The highest BCUT2D eigenvalue weighted by Crippen LogP contribution is 2.12. The van der Waals surface area contributed by atoms with Crippen LogP contribution in [0.2, 0.25) is 0 Å². The monoisotopic (exact) mass is 350 g/mol. The molecule has 2 rings (SSSR count). The molecule has 1 unspecified atom stereocenters. The van der Waals surface area contributed by atoms with Gasteiger partial charge in [-0.3, -0.25) is 15.1 Å². The van der Waals surface area contributed by atoms with Crippen LogP contribution >= 0.6 is 0 Å². The molecular weight excluding hydrogens is 324 g/mol. The van der Waals surface area contributed by atoms with Crippen LogP contribution < -0.4 is 15.6 Å². The van der Waals surface area contributed by atoms with Gasteiger partial charge in [-0.05, 0) is 31.8 Å². The van der Waals surface area contributed by atoms with Crippen LogP contribution in [-0.4, -0.2) is 75.3 Å². The Kier molecular flexibility index (Phi) is 7.03. The summed E-state index contributed by atoms with van der Waals surface area (Å²) < 4.78 is 10.2. The Balaban J connectivity index is 1.68. The lowest BCUT2D eigenvalue weighted by atomic mass is 10.1. The molecule has 0 radical (unpaired) electrons. The van der Waals surface area contributed by atoms with E-state index in [0.717, 1.165) is 24.4 Å². The first kappa shape index (κ1) is 19.0. The molecular formula is C17H26N4O4. The van der Waals surface area contributed by atoms with E-state index in [2.05, 4.69) is 15.8 Å². The third-order valence-electron chi connectivity index (χ3n) is 4.20. The van der Waals surface area contributed by atoms with E-state index in [-0.39, 0.29) is 18.6 Å². The van der Waals surface area contributed by atoms with Crippen molar-refractivity contribution in [2.75, 3.05) is 47.4 Å². The molecule has 0 aromatic heterocycles. The lowest BCUT2D eigenvalue weighted by Crippen LogP contribution is -2.59. The van der Waals surface area contributed by atoms with Crippen LogP contribution in [0.4, 0.5) is 4.79 Å². The van der Waals surface area contributed by atoms with Crippen LogP contribution in [-0.2, 0) is 16.0 Å². The summed E-state index contributed by atoms with van der Waals surface area (Å²) >= 11 is 0. The van der Waals surface area contributed by atoms with Crippen LogP contribution in [0.3, 0.4) is 0 Å². The summed E-state index contributed by atoms with van der Waals surface area (Å²) in [5.74, 6) is 0.509. The number of piperazine rings is 1. The average molecular weight is 350 g/mol. The number of carbonyl (C=O) groups is 2. The smallest absolute Gasteiger partial charge is 0.426 e. The number of benzene rings is 1. The van der Waals surface area contributed by atoms with Gasteiger partial charge in [0.1, 0.15) is 11.8 Å². The Labute approximate surface area is 148 Å². The molecule has 25 heavy (non-hydrogen) atoms. The fourth-order valence-corrected chi connectivity index (χ4v) is 2.61. The van der Waals surface area contributed by atoms with Gasteiger partial charge in [-0.15, -0.1) is 0 Å². The van der Waals surface area contributed by atoms with E-state index in [9.17, 15) is 9.59 Å². The number of hydrazine groups is 1. The second-order valence-corrected chi connectivity index (χ2v) is 6.11. The van der Waals surface area contributed by atoms with E-state index in [4.69, 9.17) is 9.47 Å². The minimum Gasteiger partial charge on any atom is -0.497 e. The zero-order valence-corrected chi connectivity index (χ0v) is 14.9. The van der Waals surface area contributed by atoms with E-state index in [1.807, 2.05) is 43.3 Å². The molecule has 1 aromatic carbocycles. The summed E-state index contributed by atoms with van der Waals surface area (Å²) in [6.45, 7) is 2.55. The molecule has 0 saturated carbocycles. The molecule has 1 saturated heterocycles. The minimum absolute atomic E-state index is 0.209. The molecule has 0 aliphatic carbocycles. The topological polar surface area (TPSA) is 83.1 Å². The number of amides is 2. The molecule has 0 bridgehead atoms. The average Bonchev–Trinajstić information content (AvgIpc) is 2.62. The number of methoxy groups -OCH3 is 1. The Morgan fingerprint density at radius 2 is 2.04 bits per heavy atom. The van der Waals surface area contributed by atoms with Gasteiger partial charge in [0.15, 0.2) is 0 Å². The van der Waals surface area contributed by atoms with Gasteiger partial charge < -0.3 is 14.4 Å². The Morgan fingerprint density at radius 3 is 2.80 bits per heavy atom. The largest absolute Gasteiger partial charge is 0.497 e. The molecule has 1 aromatic rings. The first-order chi connectivity index (χ1) is 12.0. The van der Waals surface area contributed by atoms with Crippen LogP contribution in [0.25, 0.3) is 0 Å². The summed E-state index contributed by atoms with van der Waals surface area (Å²) in [6.07, 6.45) is -0.114. The predicted octanol–water partition coefficient (Wildman–Crippen LogP) is 0.241. The number of likely N-dealkylation sites (N-methyl/N-ethyl adjacent to an activating group) is 2. The van der Waals surface area contributed by atoms with Crippen LogP contribution in [0.1, 0.15) is 5.56 Å². The van der Waals surface area contributed by atoms with Crippen molar-refractivity contribution in [3.8, 4) is 5.75 Å². The molecule has 1 fully saturated rings. The van der Waals surface area contributed by atoms with Gasteiger partial charge in [0.05, 0.1) is 13.7 Å². The van der Waals surface area contributed by atoms with Gasteiger partial charge in [-0.1, -0.05) is 12.1 Å². The number of nitrogens with zero attached hydrogens (tertiary/aromatic N) is 2. The number of carbonyl (C=O) groups excluding carboxylic acids is 2. The SMILES string of the molecule is COc1cccc(CCOC(=O)NNC(=O)C2CN(C)CCN2C)c1. The first-order valence-electron chi connectivity index (χ1n) is 8.24. The van der Waals surface area contributed by atoms with Crippen molar-refractivity contribution in [3.05, 3.63) is 29.8 Å². The molecule has 1 aliphatic rings. The van der Waals surface area contributed by atoms with E-state index in [1.165, 1.54) is 0 Å². The van der Waals surface area contributed by atoms with Crippen LogP contribution in [0, 0.1) is 0 Å². The molecule has 8 nitrogen and oxygen atoms in total. The summed E-state index contributed by atoms with van der Waals surface area (Å²) in [4.78, 5) is 27.9. The number of hydrogen-bond donors (Lipinski definition) is 2. The van der Waals surface area contributed by atoms with Gasteiger partial charge in [-0.25, -0.2) is 10.2 Å². The molecule has 2 N–H and O–H groups in total. The van der Waals surface area contributed by atoms with Crippen molar-refractivity contribution < 1.29 is 19.1 Å². The molecule has 8 heteroatoms. The van der Waals surface area contributed by atoms with Gasteiger partial charge in [0.2, 0.25) is 0 Å². The Morgan fingerprint density at radius 1 is 1.24 bits per heavy atom. The summed E-state index contributed by atoms with van der Waals surface area (Å²) in [5, 5.41) is 0. The van der Waals surface area contributed by atoms with Crippen molar-refractivity contribution in [1.82, 2.24) is 20.7 Å². The summed E-state index contributed by atoms with van der Waals surface area (Å²) in [7, 11) is 5.46. The standard InChI is InChI=1S/C17H26N4O4/c1-20-8-9-21(2)15(12-20)16(22)18-19-17(23)25-10-7-13-5-4-6-14(11-13)24-3/h4-6,11,15H,7-10,12H2,1-3H3,(H,18,22)(H,19,23). The highest BCUT2D eigenvalue weighted by Gasteiger charge is 2.28. The number of rotatable bonds is 5. The van der Waals surface area contributed by atoms with Crippen molar-refractivity contribution in [2.45, 2.75) is 12.5 Å². The number of ether oxygens (including phenoxy) is 2. The minimum atomic E-state index is -0.678. The maximum atomic E-state index is 12.2. The molecule has 138 valence electrons. The van der Waals surface area contributed by atoms with Crippen molar-refractivity contribution >= 4 is 12.0 Å². The number of hydrogen-bond acceptors (Lipinski definition) is 6. The summed E-state index contributed by atoms with van der Waals surface area (Å²) in [6, 6.07) is 7.26. The van der Waals surface area contributed by atoms with E-state index in [1.54, 1.807) is 7.11 Å². The molecule has 2 amide bonds. The van der Waals surface area contributed by atoms with Crippen LogP contribution in [0.15, 0.2) is 24.3 Å². The molecule has 1 atom stereocenters. The van der Waals surface area contributed by atoms with Gasteiger partial charge in [-0.2, -0.15) is 0 Å². The van der Waals surface area contributed by atoms with Gasteiger partial charge >= 0.3 is 6.09 Å². The van der Waals surface area contributed by atoms with Crippen molar-refractivity contribution in [3.63, 3.8) is 0 Å². The highest BCUT2D eigenvalue weighted by molar-refractivity contribution is 5.84. The van der Waals surface area contributed by atoms with E-state index < -0.39 is 6.09 Å². The lowest BCUT2D eigenvalue weighted by Gasteiger charge is -2.36. The third kappa shape index (κ3) is 5.91. The highest BCUT2D eigenvalue weighted by atomic mass is 16.6. The first-order valence-corrected chi connectivity index (χ1v) is 8.24. The quantitative estimate of drug-likeness (QED) is 0.741. The maximum absolute atomic E-state index is 12.2. The normalized spacial score (nSPS) is 18.4. The molecule has 1 heterocycles. The van der Waals surface area contributed by atoms with Crippen molar-refractivity contribution in [2.24, 2.45) is 0 Å². The zero-order valence-electron chi connectivity index (χ0n) is 14.9. The third-order valence-corrected chi connectivity index (χ3v) is 4.20. The summed E-state index contributed by atoms with van der Waals surface area (Å²) in [5.41, 5.74) is 5.71. The lowest BCUT2D eigenvalue weighted by molar-refractivity contribution is -0.128. The maximum Gasteiger partial charge on any atom is 0.426 e. The molecule has 1 aliphatic heterocycles. The second kappa shape index (κ2) is 9.24. The number of nitrogens with one attached hydrogen (secondary N) is 2. The zero-order chi connectivity index (χ0) is 18.2. The fourth-order valence-electron chi connectivity index (χ4n) is 2.61. The van der Waals surface area contributed by atoms with Gasteiger partial charge in [0.25, 0.3) is 5.91 Å². The Hall–Kier alpha value is -2.32. The molecule has 0 spiro atoms. The second-order valence-electron chi connectivity index (χ2n) is 6.11. The van der Waals surface area contributed by atoms with Crippen LogP contribution in [0.5, 0.6) is 5.75 Å². The van der Waals surface area contributed by atoms with E-state index in [0.29, 0.717) is 13.0 Å². The fraction of sp³-hybridized carbons (Fsp3) is 0.529. The Bertz CT molecular complexity index is 596. The van der Waals surface area contributed by atoms with E-state index >= 15 is 0 Å². The van der Waals surface area contributed by atoms with Gasteiger partial charge in [0, 0.05) is 26.1 Å². The van der Waals surface area contributed by atoms with Crippen molar-refractivity contribution in [1.29, 1.82) is 0 Å². The predicted molar refractivity (Wildman–Crippen MR) is 93.2 cm³/mol.